The van der Waals surface area contributed by atoms with E-state index in [9.17, 15) is 9.18 Å². The molecule has 5 heteroatoms. The van der Waals surface area contributed by atoms with E-state index in [0.29, 0.717) is 6.54 Å². The van der Waals surface area contributed by atoms with Gasteiger partial charge in [-0.25, -0.2) is 4.39 Å². The summed E-state index contributed by atoms with van der Waals surface area (Å²) in [6, 6.07) is 4.77. The molecule has 0 unspecified atom stereocenters. The van der Waals surface area contributed by atoms with Gasteiger partial charge in [0.05, 0.1) is 0 Å². The third kappa shape index (κ3) is 4.29. The second kappa shape index (κ2) is 7.22. The molecule has 1 N–H and O–H groups in total. The van der Waals surface area contributed by atoms with Crippen molar-refractivity contribution in [2.24, 2.45) is 0 Å². The van der Waals surface area contributed by atoms with Crippen molar-refractivity contribution in [2.45, 2.75) is 13.0 Å². The van der Waals surface area contributed by atoms with Crippen LogP contribution in [0, 0.1) is 5.82 Å². The van der Waals surface area contributed by atoms with E-state index in [4.69, 9.17) is 0 Å². The van der Waals surface area contributed by atoms with Gasteiger partial charge in [0, 0.05) is 31.9 Å². The lowest BCUT2D eigenvalue weighted by Crippen LogP contribution is -2.30. The van der Waals surface area contributed by atoms with E-state index in [1.165, 1.54) is 18.2 Å². The van der Waals surface area contributed by atoms with Gasteiger partial charge in [0.25, 0.3) is 0 Å². The molecule has 0 bridgehead atoms. The molecule has 1 heterocycles. The first-order chi connectivity index (χ1) is 10.1. The van der Waals surface area contributed by atoms with Crippen LogP contribution in [0.1, 0.15) is 12.0 Å². The molecule has 114 valence electrons. The van der Waals surface area contributed by atoms with E-state index < -0.39 is 0 Å². The highest BCUT2D eigenvalue weighted by molar-refractivity contribution is 5.86. The van der Waals surface area contributed by atoms with Gasteiger partial charge in [0.15, 0.2) is 0 Å². The fraction of sp³-hybridized carbons (Fsp3) is 0.438. The van der Waals surface area contributed by atoms with Crippen LogP contribution in [0.5, 0.6) is 0 Å². The summed E-state index contributed by atoms with van der Waals surface area (Å²) in [7, 11) is 2.11. The highest BCUT2D eigenvalue weighted by Gasteiger charge is 2.16. The molecule has 0 radical (unpaired) electrons. The summed E-state index contributed by atoms with van der Waals surface area (Å²) in [6.07, 6.45) is 2.30. The normalized spacial score (nSPS) is 16.4. The minimum atomic E-state index is -0.284. The second-order valence-electron chi connectivity index (χ2n) is 5.34. The van der Waals surface area contributed by atoms with Gasteiger partial charge in [-0.2, -0.15) is 0 Å². The van der Waals surface area contributed by atoms with Crippen LogP contribution >= 0.6 is 0 Å². The molecule has 2 rings (SSSR count). The van der Waals surface area contributed by atoms with Crippen molar-refractivity contribution in [2.75, 3.05) is 38.1 Å². The lowest BCUT2D eigenvalue weighted by Gasteiger charge is -2.25. The monoisotopic (exact) mass is 291 g/mol. The summed E-state index contributed by atoms with van der Waals surface area (Å²) in [6.45, 7) is 7.63. The predicted octanol–water partition coefficient (Wildman–Crippen LogP) is 1.77. The average molecular weight is 291 g/mol. The molecule has 1 aromatic carbocycles. The van der Waals surface area contributed by atoms with Crippen molar-refractivity contribution in [3.63, 3.8) is 0 Å². The fourth-order valence-electron chi connectivity index (χ4n) is 2.55. The van der Waals surface area contributed by atoms with Gasteiger partial charge in [-0.3, -0.25) is 4.79 Å². The minimum absolute atomic E-state index is 0.249. The SMILES string of the molecule is C=CC(=O)NCc1cc(F)ccc1N1CCCN(C)CC1. The van der Waals surface area contributed by atoms with Crippen LogP contribution in [-0.2, 0) is 11.3 Å². The number of carbonyl (C=O) groups is 1. The highest BCUT2D eigenvalue weighted by atomic mass is 19.1. The molecule has 1 aromatic rings. The van der Waals surface area contributed by atoms with E-state index in [2.05, 4.69) is 28.7 Å². The molecule has 1 amide bonds. The minimum Gasteiger partial charge on any atom is -0.370 e. The van der Waals surface area contributed by atoms with Crippen molar-refractivity contribution >= 4 is 11.6 Å². The molecule has 1 aliphatic heterocycles. The van der Waals surface area contributed by atoms with Crippen LogP contribution in [0.4, 0.5) is 10.1 Å². The summed E-state index contributed by atoms with van der Waals surface area (Å²) >= 11 is 0. The van der Waals surface area contributed by atoms with E-state index in [0.717, 1.165) is 43.9 Å². The van der Waals surface area contributed by atoms with E-state index in [1.54, 1.807) is 6.07 Å². The van der Waals surface area contributed by atoms with Crippen LogP contribution < -0.4 is 10.2 Å². The van der Waals surface area contributed by atoms with Gasteiger partial charge in [0.2, 0.25) is 5.91 Å². The Morgan fingerprint density at radius 2 is 2.19 bits per heavy atom. The van der Waals surface area contributed by atoms with E-state index in [-0.39, 0.29) is 11.7 Å². The maximum atomic E-state index is 13.5. The standard InChI is InChI=1S/C16H22FN3O/c1-3-16(21)18-12-13-11-14(17)5-6-15(13)20-8-4-7-19(2)9-10-20/h3,5-6,11H,1,4,7-10,12H2,2H3,(H,18,21). The first kappa shape index (κ1) is 15.5. The third-order valence-corrected chi connectivity index (χ3v) is 3.74. The quantitative estimate of drug-likeness (QED) is 0.859. The average Bonchev–Trinajstić information content (AvgIpc) is 2.69. The molecule has 21 heavy (non-hydrogen) atoms. The number of likely N-dealkylation sites (N-methyl/N-ethyl adjacent to an activating group) is 1. The number of halogens is 1. The number of hydrogen-bond acceptors (Lipinski definition) is 3. The summed E-state index contributed by atoms with van der Waals surface area (Å²) < 4.78 is 13.5. The predicted molar refractivity (Wildman–Crippen MR) is 82.8 cm³/mol. The molecule has 4 nitrogen and oxygen atoms in total. The van der Waals surface area contributed by atoms with Gasteiger partial charge in [-0.15, -0.1) is 0 Å². The Labute approximate surface area is 125 Å². The number of nitrogens with zero attached hydrogens (tertiary/aromatic N) is 2. The van der Waals surface area contributed by atoms with E-state index in [1.807, 2.05) is 0 Å². The summed E-state index contributed by atoms with van der Waals surface area (Å²) in [4.78, 5) is 15.9. The first-order valence-electron chi connectivity index (χ1n) is 7.22. The number of anilines is 1. The number of hydrogen-bond donors (Lipinski definition) is 1. The van der Waals surface area contributed by atoms with Gasteiger partial charge in [0.1, 0.15) is 5.82 Å². The zero-order valence-electron chi connectivity index (χ0n) is 12.4. The molecular weight excluding hydrogens is 269 g/mol. The maximum absolute atomic E-state index is 13.5. The summed E-state index contributed by atoms with van der Waals surface area (Å²) in [5.74, 6) is -0.533. The number of amides is 1. The Morgan fingerprint density at radius 1 is 1.38 bits per heavy atom. The van der Waals surface area contributed by atoms with Gasteiger partial charge < -0.3 is 15.1 Å². The molecular formula is C16H22FN3O. The van der Waals surface area contributed by atoms with E-state index >= 15 is 0 Å². The molecule has 1 fully saturated rings. The lowest BCUT2D eigenvalue weighted by molar-refractivity contribution is -0.116. The number of nitrogens with one attached hydrogen (secondary N) is 1. The Morgan fingerprint density at radius 3 is 2.95 bits per heavy atom. The molecule has 0 spiro atoms. The Balaban J connectivity index is 2.17. The van der Waals surface area contributed by atoms with Crippen molar-refractivity contribution in [3.8, 4) is 0 Å². The summed E-state index contributed by atoms with van der Waals surface area (Å²) in [5.41, 5.74) is 1.80. The number of rotatable bonds is 4. The number of carbonyl (C=O) groups excluding carboxylic acids is 1. The van der Waals surface area contributed by atoms with Crippen molar-refractivity contribution < 1.29 is 9.18 Å². The fourth-order valence-corrected chi connectivity index (χ4v) is 2.55. The zero-order valence-corrected chi connectivity index (χ0v) is 12.4. The van der Waals surface area contributed by atoms with Crippen molar-refractivity contribution in [1.29, 1.82) is 0 Å². The van der Waals surface area contributed by atoms with Gasteiger partial charge >= 0.3 is 0 Å². The molecule has 0 atom stereocenters. The topological polar surface area (TPSA) is 35.6 Å². The summed E-state index contributed by atoms with van der Waals surface area (Å²) in [5, 5.41) is 2.72. The van der Waals surface area contributed by atoms with Crippen LogP contribution in [-0.4, -0.2) is 44.0 Å². The van der Waals surface area contributed by atoms with Gasteiger partial charge in [-0.05, 0) is 49.9 Å². The van der Waals surface area contributed by atoms with Crippen LogP contribution in [0.2, 0.25) is 0 Å². The largest absolute Gasteiger partial charge is 0.370 e. The van der Waals surface area contributed by atoms with Crippen molar-refractivity contribution in [3.05, 3.63) is 42.2 Å². The Hall–Kier alpha value is -1.88. The van der Waals surface area contributed by atoms with Crippen LogP contribution in [0.15, 0.2) is 30.9 Å². The maximum Gasteiger partial charge on any atom is 0.243 e. The molecule has 0 saturated carbocycles. The lowest BCUT2D eigenvalue weighted by atomic mass is 10.1. The Kier molecular flexibility index (Phi) is 5.33. The smallest absolute Gasteiger partial charge is 0.243 e. The van der Waals surface area contributed by atoms with Crippen LogP contribution in [0.25, 0.3) is 0 Å². The molecule has 1 saturated heterocycles. The molecule has 0 aromatic heterocycles. The molecule has 0 aliphatic carbocycles. The number of benzene rings is 1. The molecule has 1 aliphatic rings. The van der Waals surface area contributed by atoms with Gasteiger partial charge in [-0.1, -0.05) is 6.58 Å². The third-order valence-electron chi connectivity index (χ3n) is 3.74. The Bertz CT molecular complexity index is 518. The first-order valence-corrected chi connectivity index (χ1v) is 7.22. The highest BCUT2D eigenvalue weighted by Crippen LogP contribution is 2.23. The van der Waals surface area contributed by atoms with Crippen LogP contribution in [0.3, 0.4) is 0 Å². The second-order valence-corrected chi connectivity index (χ2v) is 5.34. The van der Waals surface area contributed by atoms with Crippen molar-refractivity contribution in [1.82, 2.24) is 10.2 Å². The zero-order chi connectivity index (χ0) is 15.2.